The van der Waals surface area contributed by atoms with Crippen LogP contribution in [-0.4, -0.2) is 10.7 Å². The average molecular weight is 312 g/mol. The fourth-order valence-electron chi connectivity index (χ4n) is 2.88. The van der Waals surface area contributed by atoms with Crippen molar-refractivity contribution in [1.29, 1.82) is 0 Å². The van der Waals surface area contributed by atoms with Crippen LogP contribution in [0.1, 0.15) is 26.9 Å². The summed E-state index contributed by atoms with van der Waals surface area (Å²) in [6, 6.07) is 10.6. The van der Waals surface area contributed by atoms with Gasteiger partial charge in [-0.2, -0.15) is 11.8 Å². The van der Waals surface area contributed by atoms with Gasteiger partial charge in [-0.05, 0) is 40.8 Å². The van der Waals surface area contributed by atoms with E-state index < -0.39 is 0 Å². The van der Waals surface area contributed by atoms with Gasteiger partial charge < -0.3 is 5.73 Å². The van der Waals surface area contributed by atoms with E-state index in [0.717, 1.165) is 11.1 Å². The molecule has 2 nitrogen and oxygen atoms in total. The Kier molecular flexibility index (Phi) is 3.45. The molecule has 0 saturated carbocycles. The molecule has 3 aromatic rings. The van der Waals surface area contributed by atoms with Gasteiger partial charge in [-0.1, -0.05) is 18.2 Å². The summed E-state index contributed by atoms with van der Waals surface area (Å²) >= 11 is 3.90. The van der Waals surface area contributed by atoms with Crippen molar-refractivity contribution in [2.24, 2.45) is 5.73 Å². The van der Waals surface area contributed by atoms with Gasteiger partial charge in [0.1, 0.15) is 0 Å². The van der Waals surface area contributed by atoms with Crippen molar-refractivity contribution in [3.8, 4) is 0 Å². The fourth-order valence-corrected chi connectivity index (χ4v) is 5.28. The van der Waals surface area contributed by atoms with Crippen molar-refractivity contribution in [1.82, 2.24) is 4.98 Å². The van der Waals surface area contributed by atoms with Gasteiger partial charge in [-0.25, -0.2) is 0 Å². The maximum absolute atomic E-state index is 6.57. The van der Waals surface area contributed by atoms with Gasteiger partial charge in [0.15, 0.2) is 0 Å². The number of hydrogen-bond acceptors (Lipinski definition) is 4. The molecule has 1 aromatic carbocycles. The standard InChI is InChI=1S/C17H16N2S2/c18-17(16-8-12-10-20-7-5-15(12)21-16)13-3-1-2-11-4-6-19-9-14(11)13/h1-4,6,8-9,17H,5,7,10,18H2. The molecule has 1 aliphatic heterocycles. The van der Waals surface area contributed by atoms with Crippen molar-refractivity contribution in [2.45, 2.75) is 18.2 Å². The van der Waals surface area contributed by atoms with Gasteiger partial charge in [0.25, 0.3) is 0 Å². The Morgan fingerprint density at radius 3 is 3.10 bits per heavy atom. The molecule has 4 heteroatoms. The number of rotatable bonds is 2. The number of benzene rings is 1. The summed E-state index contributed by atoms with van der Waals surface area (Å²) in [5.74, 6) is 2.37. The van der Waals surface area contributed by atoms with Crippen LogP contribution in [0.15, 0.2) is 42.7 Å². The molecule has 0 aliphatic carbocycles. The first-order chi connectivity index (χ1) is 10.3. The molecular weight excluding hydrogens is 296 g/mol. The van der Waals surface area contributed by atoms with Crippen LogP contribution in [-0.2, 0) is 12.2 Å². The number of fused-ring (bicyclic) bond motifs is 2. The first-order valence-corrected chi connectivity index (χ1v) is 9.07. The first-order valence-electron chi connectivity index (χ1n) is 7.10. The third-order valence-electron chi connectivity index (χ3n) is 4.01. The third-order valence-corrected chi connectivity index (χ3v) is 6.33. The van der Waals surface area contributed by atoms with Crippen molar-refractivity contribution >= 4 is 33.9 Å². The number of nitrogens with zero attached hydrogens (tertiary/aromatic N) is 1. The minimum absolute atomic E-state index is 0.0569. The van der Waals surface area contributed by atoms with E-state index in [-0.39, 0.29) is 6.04 Å². The summed E-state index contributed by atoms with van der Waals surface area (Å²) in [5, 5.41) is 2.36. The molecule has 1 atom stereocenters. The predicted molar refractivity (Wildman–Crippen MR) is 92.0 cm³/mol. The molecule has 0 spiro atoms. The average Bonchev–Trinajstić information content (AvgIpc) is 2.97. The van der Waals surface area contributed by atoms with Gasteiger partial charge in [0.05, 0.1) is 6.04 Å². The van der Waals surface area contributed by atoms with E-state index in [4.69, 9.17) is 5.73 Å². The zero-order valence-electron chi connectivity index (χ0n) is 11.6. The Morgan fingerprint density at radius 2 is 2.19 bits per heavy atom. The van der Waals surface area contributed by atoms with E-state index in [1.807, 2.05) is 41.6 Å². The number of aromatic nitrogens is 1. The molecule has 3 heterocycles. The number of thiophene rings is 1. The SMILES string of the molecule is NC(c1cc2c(s1)CCSC2)c1cccc2ccncc12. The molecule has 0 radical (unpaired) electrons. The smallest absolute Gasteiger partial charge is 0.0652 e. The Balaban J connectivity index is 1.79. The summed E-state index contributed by atoms with van der Waals surface area (Å²) in [5.41, 5.74) is 9.23. The van der Waals surface area contributed by atoms with Crippen LogP contribution in [0.25, 0.3) is 10.8 Å². The van der Waals surface area contributed by atoms with Crippen molar-refractivity contribution < 1.29 is 0 Å². The quantitative estimate of drug-likeness (QED) is 0.773. The predicted octanol–water partition coefficient (Wildman–Crippen LogP) is 4.13. The van der Waals surface area contributed by atoms with Crippen LogP contribution in [0.3, 0.4) is 0 Å². The molecule has 21 heavy (non-hydrogen) atoms. The minimum Gasteiger partial charge on any atom is -0.320 e. The number of nitrogens with two attached hydrogens (primary N) is 1. The highest BCUT2D eigenvalue weighted by Gasteiger charge is 2.19. The summed E-state index contributed by atoms with van der Waals surface area (Å²) in [7, 11) is 0. The zero-order valence-corrected chi connectivity index (χ0v) is 13.2. The summed E-state index contributed by atoms with van der Waals surface area (Å²) < 4.78 is 0. The van der Waals surface area contributed by atoms with E-state index in [0.29, 0.717) is 0 Å². The number of pyridine rings is 1. The molecule has 4 rings (SSSR count). The Bertz CT molecular complexity index is 766. The molecule has 2 N–H and O–H groups in total. The molecule has 2 aromatic heterocycles. The third kappa shape index (κ3) is 2.37. The van der Waals surface area contributed by atoms with Gasteiger partial charge in [0, 0.05) is 33.3 Å². The largest absolute Gasteiger partial charge is 0.320 e. The first kappa shape index (κ1) is 13.3. The van der Waals surface area contributed by atoms with E-state index in [9.17, 15) is 0 Å². The van der Waals surface area contributed by atoms with Crippen LogP contribution >= 0.6 is 23.1 Å². The normalized spacial score (nSPS) is 15.9. The second-order valence-electron chi connectivity index (χ2n) is 5.32. The lowest BCUT2D eigenvalue weighted by molar-refractivity contribution is 0.901. The van der Waals surface area contributed by atoms with Crippen molar-refractivity contribution in [2.75, 3.05) is 5.75 Å². The molecule has 1 unspecified atom stereocenters. The number of hydrogen-bond donors (Lipinski definition) is 1. The van der Waals surface area contributed by atoms with Crippen LogP contribution < -0.4 is 5.73 Å². The van der Waals surface area contributed by atoms with E-state index in [1.165, 1.54) is 38.4 Å². The van der Waals surface area contributed by atoms with E-state index in [1.54, 1.807) is 0 Å². The molecule has 0 amide bonds. The highest BCUT2D eigenvalue weighted by atomic mass is 32.2. The highest BCUT2D eigenvalue weighted by Crippen LogP contribution is 2.37. The number of thioether (sulfide) groups is 1. The molecular formula is C17H16N2S2. The molecule has 106 valence electrons. The van der Waals surface area contributed by atoms with Gasteiger partial charge in [-0.3, -0.25) is 4.98 Å². The molecule has 0 fully saturated rings. The van der Waals surface area contributed by atoms with Crippen LogP contribution in [0.5, 0.6) is 0 Å². The van der Waals surface area contributed by atoms with Gasteiger partial charge in [0.2, 0.25) is 0 Å². The Morgan fingerprint density at radius 1 is 1.24 bits per heavy atom. The zero-order chi connectivity index (χ0) is 14.2. The molecule has 0 saturated heterocycles. The van der Waals surface area contributed by atoms with E-state index >= 15 is 0 Å². The molecule has 0 bridgehead atoms. The number of aryl methyl sites for hydroxylation is 1. The van der Waals surface area contributed by atoms with Gasteiger partial charge >= 0.3 is 0 Å². The second kappa shape index (κ2) is 5.44. The Hall–Kier alpha value is -1.36. The second-order valence-corrected chi connectivity index (χ2v) is 7.59. The summed E-state index contributed by atoms with van der Waals surface area (Å²) in [4.78, 5) is 7.06. The maximum atomic E-state index is 6.57. The monoisotopic (exact) mass is 312 g/mol. The lowest BCUT2D eigenvalue weighted by Crippen LogP contribution is -2.10. The van der Waals surface area contributed by atoms with Crippen molar-refractivity contribution in [3.63, 3.8) is 0 Å². The summed E-state index contributed by atoms with van der Waals surface area (Å²) in [6.07, 6.45) is 4.95. The topological polar surface area (TPSA) is 38.9 Å². The Labute approximate surface area is 132 Å². The van der Waals surface area contributed by atoms with Crippen LogP contribution in [0.4, 0.5) is 0 Å². The fraction of sp³-hybridized carbons (Fsp3) is 0.235. The maximum Gasteiger partial charge on any atom is 0.0652 e. The lowest BCUT2D eigenvalue weighted by atomic mass is 9.99. The minimum atomic E-state index is -0.0569. The van der Waals surface area contributed by atoms with Crippen LogP contribution in [0.2, 0.25) is 0 Å². The molecule has 1 aliphatic rings. The van der Waals surface area contributed by atoms with Gasteiger partial charge in [-0.15, -0.1) is 11.3 Å². The summed E-state index contributed by atoms with van der Waals surface area (Å²) in [6.45, 7) is 0. The lowest BCUT2D eigenvalue weighted by Gasteiger charge is -2.13. The van der Waals surface area contributed by atoms with Crippen molar-refractivity contribution in [3.05, 3.63) is 63.6 Å². The van der Waals surface area contributed by atoms with E-state index in [2.05, 4.69) is 29.2 Å². The highest BCUT2D eigenvalue weighted by molar-refractivity contribution is 7.98. The van der Waals surface area contributed by atoms with Crippen LogP contribution in [0, 0.1) is 0 Å².